The number of benzene rings is 3. The number of amides is 2. The third-order valence-electron chi connectivity index (χ3n) is 5.97. The summed E-state index contributed by atoms with van der Waals surface area (Å²) in [5, 5.41) is 3.09. The summed E-state index contributed by atoms with van der Waals surface area (Å²) in [4.78, 5) is 27.6. The van der Waals surface area contributed by atoms with Crippen molar-refractivity contribution in [2.75, 3.05) is 24.8 Å². The summed E-state index contributed by atoms with van der Waals surface area (Å²) in [6, 6.07) is 25.1. The van der Waals surface area contributed by atoms with E-state index in [9.17, 15) is 9.59 Å². The second-order valence-corrected chi connectivity index (χ2v) is 8.11. The number of ether oxygens (including phenoxy) is 2. The molecule has 0 aliphatic carbocycles. The van der Waals surface area contributed by atoms with Crippen LogP contribution in [0.25, 0.3) is 0 Å². The van der Waals surface area contributed by atoms with Gasteiger partial charge in [0.15, 0.2) is 11.5 Å². The molecule has 1 N–H and O–H groups in total. The molecule has 0 spiro atoms. The Bertz CT molecular complexity index is 1080. The van der Waals surface area contributed by atoms with Gasteiger partial charge in [0, 0.05) is 37.2 Å². The van der Waals surface area contributed by atoms with Crippen LogP contribution in [-0.4, -0.2) is 31.7 Å². The number of fused-ring (bicyclic) bond motifs is 1. The Hall–Kier alpha value is -3.80. The van der Waals surface area contributed by atoms with Gasteiger partial charge >= 0.3 is 0 Å². The van der Waals surface area contributed by atoms with Crippen LogP contribution >= 0.6 is 0 Å². The molecule has 1 atom stereocenters. The van der Waals surface area contributed by atoms with Crippen molar-refractivity contribution in [1.82, 2.24) is 5.32 Å². The van der Waals surface area contributed by atoms with Crippen molar-refractivity contribution in [3.63, 3.8) is 0 Å². The van der Waals surface area contributed by atoms with Crippen LogP contribution in [-0.2, 0) is 9.59 Å². The van der Waals surface area contributed by atoms with E-state index in [1.54, 1.807) is 4.90 Å². The van der Waals surface area contributed by atoms with Crippen molar-refractivity contribution in [3.8, 4) is 11.5 Å². The molecule has 0 aromatic heterocycles. The minimum absolute atomic E-state index is 0.0454. The Labute approximate surface area is 186 Å². The first kappa shape index (κ1) is 20.1. The number of rotatable bonds is 6. The van der Waals surface area contributed by atoms with E-state index in [-0.39, 0.29) is 30.4 Å². The number of hydrogen-bond acceptors (Lipinski definition) is 4. The fraction of sp³-hybridized carbons (Fsp3) is 0.231. The van der Waals surface area contributed by atoms with Gasteiger partial charge in [-0.3, -0.25) is 9.59 Å². The van der Waals surface area contributed by atoms with Gasteiger partial charge in [-0.25, -0.2) is 0 Å². The predicted molar refractivity (Wildman–Crippen MR) is 121 cm³/mol. The molecule has 1 saturated heterocycles. The van der Waals surface area contributed by atoms with Gasteiger partial charge in [0.2, 0.25) is 18.6 Å². The zero-order chi connectivity index (χ0) is 21.9. The summed E-state index contributed by atoms with van der Waals surface area (Å²) < 4.78 is 10.8. The summed E-state index contributed by atoms with van der Waals surface area (Å²) >= 11 is 0. The van der Waals surface area contributed by atoms with E-state index in [4.69, 9.17) is 9.47 Å². The quantitative estimate of drug-likeness (QED) is 0.650. The van der Waals surface area contributed by atoms with Crippen LogP contribution in [0.15, 0.2) is 78.9 Å². The molecule has 1 fully saturated rings. The van der Waals surface area contributed by atoms with Gasteiger partial charge in [0.25, 0.3) is 0 Å². The summed E-state index contributed by atoms with van der Waals surface area (Å²) in [5.41, 5.74) is 2.68. The lowest BCUT2D eigenvalue weighted by atomic mass is 9.90. The zero-order valence-electron chi connectivity index (χ0n) is 17.6. The summed E-state index contributed by atoms with van der Waals surface area (Å²) in [6.07, 6.45) is 0.399. The van der Waals surface area contributed by atoms with E-state index in [1.807, 2.05) is 78.9 Å². The van der Waals surface area contributed by atoms with Crippen molar-refractivity contribution < 1.29 is 19.1 Å². The molecule has 32 heavy (non-hydrogen) atoms. The number of hydrogen-bond donors (Lipinski definition) is 1. The van der Waals surface area contributed by atoms with Crippen molar-refractivity contribution in [2.24, 2.45) is 5.92 Å². The highest BCUT2D eigenvalue weighted by Crippen LogP contribution is 2.37. The lowest BCUT2D eigenvalue weighted by Crippen LogP contribution is -2.35. The smallest absolute Gasteiger partial charge is 0.232 e. The Balaban J connectivity index is 1.26. The van der Waals surface area contributed by atoms with Crippen LogP contribution < -0.4 is 19.7 Å². The van der Waals surface area contributed by atoms with Crippen LogP contribution in [0, 0.1) is 5.92 Å². The minimum Gasteiger partial charge on any atom is -0.454 e. The van der Waals surface area contributed by atoms with Gasteiger partial charge in [0.1, 0.15) is 0 Å². The monoisotopic (exact) mass is 428 g/mol. The van der Waals surface area contributed by atoms with Crippen LogP contribution in [0.5, 0.6) is 11.5 Å². The van der Waals surface area contributed by atoms with Crippen LogP contribution in [0.2, 0.25) is 0 Å². The van der Waals surface area contributed by atoms with E-state index in [0.29, 0.717) is 31.0 Å². The summed E-state index contributed by atoms with van der Waals surface area (Å²) in [7, 11) is 0. The molecule has 2 aliphatic rings. The van der Waals surface area contributed by atoms with E-state index in [1.165, 1.54) is 0 Å². The van der Waals surface area contributed by atoms with Gasteiger partial charge in [-0.1, -0.05) is 60.7 Å². The number of nitrogens with zero attached hydrogens (tertiary/aromatic N) is 1. The Morgan fingerprint density at radius 1 is 0.938 bits per heavy atom. The van der Waals surface area contributed by atoms with Gasteiger partial charge in [0.05, 0.1) is 5.92 Å². The number of carbonyl (C=O) groups is 2. The highest BCUT2D eigenvalue weighted by atomic mass is 16.7. The Morgan fingerprint density at radius 2 is 1.59 bits per heavy atom. The van der Waals surface area contributed by atoms with Crippen LogP contribution in [0.4, 0.5) is 5.69 Å². The van der Waals surface area contributed by atoms with Crippen molar-refractivity contribution >= 4 is 17.5 Å². The first-order chi connectivity index (χ1) is 15.7. The third kappa shape index (κ3) is 4.04. The van der Waals surface area contributed by atoms with Gasteiger partial charge in [-0.2, -0.15) is 0 Å². The molecule has 2 amide bonds. The molecule has 5 rings (SSSR count). The lowest BCUT2D eigenvalue weighted by molar-refractivity contribution is -0.122. The van der Waals surface area contributed by atoms with Gasteiger partial charge in [-0.05, 0) is 23.3 Å². The molecule has 2 heterocycles. The molecule has 6 heteroatoms. The molecular formula is C26H24N2O4. The van der Waals surface area contributed by atoms with Crippen molar-refractivity contribution in [1.29, 1.82) is 0 Å². The maximum absolute atomic E-state index is 13.2. The van der Waals surface area contributed by atoms with Crippen LogP contribution in [0.3, 0.4) is 0 Å². The molecule has 2 aliphatic heterocycles. The topological polar surface area (TPSA) is 67.9 Å². The Morgan fingerprint density at radius 3 is 2.28 bits per heavy atom. The second kappa shape index (κ2) is 8.75. The standard InChI is InChI=1S/C26H24N2O4/c29-24-13-18(16-28(24)21-11-12-22-23(14-21)32-17-31-22)15-27-26(30)25(19-7-3-1-4-8-19)20-9-5-2-6-10-20/h1-12,14,18,25H,13,15-17H2,(H,27,30). The molecule has 6 nitrogen and oxygen atoms in total. The first-order valence-electron chi connectivity index (χ1n) is 10.8. The fourth-order valence-electron chi connectivity index (χ4n) is 4.35. The predicted octanol–water partition coefficient (Wildman–Crippen LogP) is 3.72. The zero-order valence-corrected chi connectivity index (χ0v) is 17.6. The average Bonchev–Trinajstić information content (AvgIpc) is 3.45. The highest BCUT2D eigenvalue weighted by Gasteiger charge is 2.32. The second-order valence-electron chi connectivity index (χ2n) is 8.11. The largest absolute Gasteiger partial charge is 0.454 e. The molecule has 3 aromatic rings. The summed E-state index contributed by atoms with van der Waals surface area (Å²) in [5.74, 6) is 0.989. The van der Waals surface area contributed by atoms with Crippen molar-refractivity contribution in [2.45, 2.75) is 12.3 Å². The SMILES string of the molecule is O=C(NCC1CC(=O)N(c2ccc3c(c2)OCO3)C1)C(c1ccccc1)c1ccccc1. The molecule has 0 bridgehead atoms. The maximum Gasteiger partial charge on any atom is 0.232 e. The summed E-state index contributed by atoms with van der Waals surface area (Å²) in [6.45, 7) is 1.20. The molecule has 3 aromatic carbocycles. The molecule has 162 valence electrons. The Kier molecular flexibility index (Phi) is 5.50. The molecule has 0 radical (unpaired) electrons. The van der Waals surface area contributed by atoms with Gasteiger partial charge < -0.3 is 19.7 Å². The van der Waals surface area contributed by atoms with Gasteiger partial charge in [-0.15, -0.1) is 0 Å². The maximum atomic E-state index is 13.2. The number of nitrogens with one attached hydrogen (secondary N) is 1. The number of anilines is 1. The van der Waals surface area contributed by atoms with E-state index in [0.717, 1.165) is 16.8 Å². The van der Waals surface area contributed by atoms with E-state index in [2.05, 4.69) is 5.32 Å². The fourth-order valence-corrected chi connectivity index (χ4v) is 4.35. The lowest BCUT2D eigenvalue weighted by Gasteiger charge is -2.20. The van der Waals surface area contributed by atoms with E-state index >= 15 is 0 Å². The average molecular weight is 428 g/mol. The number of carbonyl (C=O) groups excluding carboxylic acids is 2. The van der Waals surface area contributed by atoms with E-state index < -0.39 is 0 Å². The van der Waals surface area contributed by atoms with Crippen molar-refractivity contribution in [3.05, 3.63) is 90.0 Å². The van der Waals surface area contributed by atoms with Crippen LogP contribution in [0.1, 0.15) is 23.5 Å². The normalized spacial score (nSPS) is 17.1. The third-order valence-corrected chi connectivity index (χ3v) is 5.97. The minimum atomic E-state index is -0.389. The molecule has 1 unspecified atom stereocenters. The highest BCUT2D eigenvalue weighted by molar-refractivity contribution is 5.96. The molecular weight excluding hydrogens is 404 g/mol. The first-order valence-corrected chi connectivity index (χ1v) is 10.8. The molecule has 0 saturated carbocycles.